The smallest absolute Gasteiger partial charge is 0.162 e. The largest absolute Gasteiger partial charge is 0.359 e. The minimum absolute atomic E-state index is 0.462. The minimum Gasteiger partial charge on any atom is -0.359 e. The predicted octanol–water partition coefficient (Wildman–Crippen LogP) is 3.26. The molecule has 25 heavy (non-hydrogen) atoms. The van der Waals surface area contributed by atoms with Crippen molar-refractivity contribution in [2.75, 3.05) is 44.7 Å². The second kappa shape index (κ2) is 7.73. The lowest BCUT2D eigenvalue weighted by atomic mass is 10.3. The summed E-state index contributed by atoms with van der Waals surface area (Å²) in [6, 6.07) is 3.28. The fraction of sp³-hybridized carbons (Fsp3) is 0.647. The van der Waals surface area contributed by atoms with E-state index in [4.69, 9.17) is 9.84 Å². The van der Waals surface area contributed by atoms with E-state index in [1.54, 1.807) is 0 Å². The Kier molecular flexibility index (Phi) is 5.82. The van der Waals surface area contributed by atoms with Gasteiger partial charge in [-0.2, -0.15) is 5.10 Å². The molecule has 0 amide bonds. The zero-order chi connectivity index (χ0) is 18.0. The Morgan fingerprint density at radius 1 is 1.20 bits per heavy atom. The van der Waals surface area contributed by atoms with Crippen molar-refractivity contribution in [2.24, 2.45) is 0 Å². The number of hydrogen-bond acceptors (Lipinski definition) is 5. The molecular weight excluding hydrogens is 398 g/mol. The average molecular weight is 426 g/mol. The summed E-state index contributed by atoms with van der Waals surface area (Å²) >= 11 is 3.54. The number of hydrogen-bond donors (Lipinski definition) is 0. The third kappa shape index (κ3) is 4.81. The monoisotopic (exact) mass is 425 g/mol. The molecule has 1 saturated heterocycles. The molecule has 0 aromatic carbocycles. The van der Waals surface area contributed by atoms with Crippen LogP contribution in [0.25, 0.3) is 11.0 Å². The SMILES string of the molecule is CN1CCN(c2nn(COCC[Si](C)(C)C)c3ncc(Br)cc23)CC1. The summed E-state index contributed by atoms with van der Waals surface area (Å²) in [4.78, 5) is 9.29. The van der Waals surface area contributed by atoms with Gasteiger partial charge in [-0.3, -0.25) is 0 Å². The fourth-order valence-electron chi connectivity index (χ4n) is 2.89. The van der Waals surface area contributed by atoms with Crippen LogP contribution in [0.1, 0.15) is 0 Å². The topological polar surface area (TPSA) is 46.4 Å². The fourth-order valence-corrected chi connectivity index (χ4v) is 3.98. The molecule has 0 spiro atoms. The first-order valence-electron chi connectivity index (χ1n) is 8.87. The van der Waals surface area contributed by atoms with Crippen LogP contribution in [0.3, 0.4) is 0 Å². The molecule has 0 bridgehead atoms. The molecule has 0 unspecified atom stereocenters. The number of halogens is 1. The van der Waals surface area contributed by atoms with Crippen LogP contribution >= 0.6 is 15.9 Å². The highest BCUT2D eigenvalue weighted by atomic mass is 79.9. The van der Waals surface area contributed by atoms with Gasteiger partial charge in [-0.25, -0.2) is 9.67 Å². The molecule has 1 aliphatic heterocycles. The van der Waals surface area contributed by atoms with Crippen LogP contribution in [-0.2, 0) is 11.5 Å². The predicted molar refractivity (Wildman–Crippen MR) is 109 cm³/mol. The highest BCUT2D eigenvalue weighted by molar-refractivity contribution is 9.10. The maximum absolute atomic E-state index is 5.91. The molecule has 3 heterocycles. The van der Waals surface area contributed by atoms with Crippen molar-refractivity contribution in [3.05, 3.63) is 16.7 Å². The molecule has 6 nitrogen and oxygen atoms in total. The molecule has 2 aromatic heterocycles. The van der Waals surface area contributed by atoms with Crippen LogP contribution in [0.4, 0.5) is 5.82 Å². The quantitative estimate of drug-likeness (QED) is 0.524. The van der Waals surface area contributed by atoms with Crippen LogP contribution in [0.15, 0.2) is 16.7 Å². The number of fused-ring (bicyclic) bond motifs is 1. The number of nitrogens with zero attached hydrogens (tertiary/aromatic N) is 5. The molecular formula is C17H28BrN5OSi. The standard InChI is InChI=1S/C17H28BrN5OSi/c1-21-5-7-22(8-6-21)17-15-11-14(18)12-19-16(15)23(20-17)13-24-9-10-25(2,3)4/h11-12H,5-10,13H2,1-4H3. The van der Waals surface area contributed by atoms with Gasteiger partial charge in [0, 0.05) is 51.5 Å². The lowest BCUT2D eigenvalue weighted by molar-refractivity contribution is 0.0813. The summed E-state index contributed by atoms with van der Waals surface area (Å²) in [6.45, 7) is 12.4. The zero-order valence-corrected chi connectivity index (χ0v) is 18.2. The van der Waals surface area contributed by atoms with Crippen LogP contribution in [-0.4, -0.2) is 67.6 Å². The third-order valence-electron chi connectivity index (χ3n) is 4.55. The van der Waals surface area contributed by atoms with E-state index in [1.165, 1.54) is 0 Å². The number of pyridine rings is 1. The van der Waals surface area contributed by atoms with Crippen LogP contribution in [0.2, 0.25) is 25.7 Å². The van der Waals surface area contributed by atoms with Crippen molar-refractivity contribution < 1.29 is 4.74 Å². The molecule has 1 fully saturated rings. The summed E-state index contributed by atoms with van der Waals surface area (Å²) in [5.41, 5.74) is 0.894. The molecule has 0 radical (unpaired) electrons. The average Bonchev–Trinajstić information content (AvgIpc) is 2.89. The first kappa shape index (κ1) is 18.8. The van der Waals surface area contributed by atoms with Crippen LogP contribution < -0.4 is 4.90 Å². The van der Waals surface area contributed by atoms with E-state index in [1.807, 2.05) is 10.9 Å². The summed E-state index contributed by atoms with van der Waals surface area (Å²) in [6.07, 6.45) is 1.83. The molecule has 138 valence electrons. The molecule has 0 atom stereocenters. The second-order valence-corrected chi connectivity index (χ2v) is 14.5. The summed E-state index contributed by atoms with van der Waals surface area (Å²) in [5.74, 6) is 1.02. The molecule has 0 aliphatic carbocycles. The van der Waals surface area contributed by atoms with Crippen molar-refractivity contribution >= 4 is 40.9 Å². The lowest BCUT2D eigenvalue weighted by Gasteiger charge is -2.32. The molecule has 2 aromatic rings. The number of anilines is 1. The van der Waals surface area contributed by atoms with Gasteiger partial charge in [-0.1, -0.05) is 19.6 Å². The first-order valence-corrected chi connectivity index (χ1v) is 13.4. The highest BCUT2D eigenvalue weighted by Gasteiger charge is 2.21. The van der Waals surface area contributed by atoms with Crippen molar-refractivity contribution in [3.63, 3.8) is 0 Å². The Bertz CT molecular complexity index is 722. The van der Waals surface area contributed by atoms with E-state index < -0.39 is 8.07 Å². The van der Waals surface area contributed by atoms with Crippen LogP contribution in [0, 0.1) is 0 Å². The number of rotatable bonds is 6. The summed E-state index contributed by atoms with van der Waals surface area (Å²) < 4.78 is 8.79. The second-order valence-electron chi connectivity index (χ2n) is 7.99. The number of aromatic nitrogens is 3. The normalized spacial score (nSPS) is 16.8. The molecule has 1 aliphatic rings. The van der Waals surface area contributed by atoms with Gasteiger partial charge in [-0.15, -0.1) is 0 Å². The van der Waals surface area contributed by atoms with Crippen molar-refractivity contribution in [1.29, 1.82) is 0 Å². The maximum atomic E-state index is 5.91. The number of likely N-dealkylation sites (N-methyl/N-ethyl adjacent to an activating group) is 1. The lowest BCUT2D eigenvalue weighted by Crippen LogP contribution is -2.44. The minimum atomic E-state index is -1.07. The van der Waals surface area contributed by atoms with E-state index in [0.29, 0.717) is 6.73 Å². The Labute approximate surface area is 159 Å². The van der Waals surface area contributed by atoms with E-state index in [-0.39, 0.29) is 0 Å². The first-order chi connectivity index (χ1) is 11.8. The Morgan fingerprint density at radius 3 is 2.60 bits per heavy atom. The molecule has 0 N–H and O–H groups in total. The Balaban J connectivity index is 1.79. The van der Waals surface area contributed by atoms with E-state index >= 15 is 0 Å². The third-order valence-corrected chi connectivity index (χ3v) is 6.68. The van der Waals surface area contributed by atoms with E-state index in [0.717, 1.165) is 60.2 Å². The maximum Gasteiger partial charge on any atom is 0.162 e. The van der Waals surface area contributed by atoms with E-state index in [2.05, 4.69) is 63.5 Å². The van der Waals surface area contributed by atoms with Gasteiger partial charge in [0.15, 0.2) is 11.5 Å². The van der Waals surface area contributed by atoms with Gasteiger partial charge in [0.05, 0.1) is 5.39 Å². The molecule has 0 saturated carbocycles. The van der Waals surface area contributed by atoms with Gasteiger partial charge in [0.2, 0.25) is 0 Å². The Hall–Kier alpha value is -0.963. The van der Waals surface area contributed by atoms with Gasteiger partial charge in [0.25, 0.3) is 0 Å². The molecule has 8 heteroatoms. The summed E-state index contributed by atoms with van der Waals surface area (Å²) in [5, 5.41) is 5.93. The zero-order valence-electron chi connectivity index (χ0n) is 15.6. The van der Waals surface area contributed by atoms with Crippen molar-refractivity contribution in [1.82, 2.24) is 19.7 Å². The molecule has 3 rings (SSSR count). The van der Waals surface area contributed by atoms with Gasteiger partial charge in [0.1, 0.15) is 6.73 Å². The van der Waals surface area contributed by atoms with Gasteiger partial charge >= 0.3 is 0 Å². The van der Waals surface area contributed by atoms with E-state index in [9.17, 15) is 0 Å². The van der Waals surface area contributed by atoms with Gasteiger partial charge < -0.3 is 14.5 Å². The van der Waals surface area contributed by atoms with Crippen molar-refractivity contribution in [3.8, 4) is 0 Å². The Morgan fingerprint density at radius 2 is 1.92 bits per heavy atom. The number of piperazine rings is 1. The van der Waals surface area contributed by atoms with Gasteiger partial charge in [-0.05, 0) is 35.1 Å². The van der Waals surface area contributed by atoms with Crippen molar-refractivity contribution in [2.45, 2.75) is 32.4 Å². The number of ether oxygens (including phenoxy) is 1. The van der Waals surface area contributed by atoms with Crippen LogP contribution in [0.5, 0.6) is 0 Å². The highest BCUT2D eigenvalue weighted by Crippen LogP contribution is 2.28. The summed E-state index contributed by atoms with van der Waals surface area (Å²) in [7, 11) is 1.09.